The van der Waals surface area contributed by atoms with E-state index in [0.717, 1.165) is 0 Å². The molecule has 0 radical (unpaired) electrons. The summed E-state index contributed by atoms with van der Waals surface area (Å²) in [4.78, 5) is 35.2. The fraction of sp³-hybridized carbons (Fsp3) is 0.286. The lowest BCUT2D eigenvalue weighted by atomic mass is 10.1. The molecule has 0 heterocycles. The molecule has 0 fully saturated rings. The Morgan fingerprint density at radius 2 is 1.72 bits per heavy atom. The molecular weight excluding hydrogens is 376 g/mol. The number of methoxy groups -OCH3 is 1. The summed E-state index contributed by atoms with van der Waals surface area (Å²) in [5.41, 5.74) is 0.860. The highest BCUT2D eigenvalue weighted by atomic mass is 16.5. The predicted molar refractivity (Wildman–Crippen MR) is 107 cm³/mol. The van der Waals surface area contributed by atoms with E-state index in [4.69, 9.17) is 9.47 Å². The number of carbonyl (C=O) groups excluding carboxylic acids is 3. The number of phenols is 1. The summed E-state index contributed by atoms with van der Waals surface area (Å²) in [5, 5.41) is 14.8. The molecule has 0 aliphatic carbocycles. The van der Waals surface area contributed by atoms with Gasteiger partial charge in [0.1, 0.15) is 5.75 Å². The van der Waals surface area contributed by atoms with Gasteiger partial charge in [0.2, 0.25) is 0 Å². The van der Waals surface area contributed by atoms with E-state index in [9.17, 15) is 19.5 Å². The highest BCUT2D eigenvalue weighted by molar-refractivity contribution is 5.95. The van der Waals surface area contributed by atoms with E-state index < -0.39 is 0 Å². The number of amides is 2. The molecule has 2 rings (SSSR count). The number of nitrogens with one attached hydrogen (secondary N) is 2. The number of ketones is 1. The molecule has 0 saturated heterocycles. The van der Waals surface area contributed by atoms with Crippen molar-refractivity contribution in [3.63, 3.8) is 0 Å². The smallest absolute Gasteiger partial charge is 0.257 e. The normalized spacial score (nSPS) is 10.1. The van der Waals surface area contributed by atoms with E-state index in [1.807, 2.05) is 0 Å². The maximum Gasteiger partial charge on any atom is 0.257 e. The number of aromatic hydroxyl groups is 1. The van der Waals surface area contributed by atoms with Crippen LogP contribution >= 0.6 is 0 Å². The largest absolute Gasteiger partial charge is 0.508 e. The minimum absolute atomic E-state index is 0.0254. The van der Waals surface area contributed by atoms with Gasteiger partial charge in [-0.2, -0.15) is 0 Å². The number of carbonyl (C=O) groups is 3. The highest BCUT2D eigenvalue weighted by Gasteiger charge is 2.10. The quantitative estimate of drug-likeness (QED) is 0.415. The van der Waals surface area contributed by atoms with Gasteiger partial charge in [-0.3, -0.25) is 14.4 Å². The van der Waals surface area contributed by atoms with Gasteiger partial charge in [-0.1, -0.05) is 6.07 Å². The molecule has 0 saturated carbocycles. The van der Waals surface area contributed by atoms with Crippen molar-refractivity contribution in [1.29, 1.82) is 0 Å². The van der Waals surface area contributed by atoms with Crippen LogP contribution in [0.5, 0.6) is 17.2 Å². The summed E-state index contributed by atoms with van der Waals surface area (Å²) in [5.74, 6) is 0.0612. The first-order valence-electron chi connectivity index (χ1n) is 9.06. The number of phenolic OH excluding ortho intramolecular Hbond substituents is 1. The third-order valence-corrected chi connectivity index (χ3v) is 4.00. The van der Waals surface area contributed by atoms with E-state index >= 15 is 0 Å². The topological polar surface area (TPSA) is 114 Å². The Kier molecular flexibility index (Phi) is 8.02. The number of hydrogen-bond donors (Lipinski definition) is 3. The first kappa shape index (κ1) is 21.7. The standard InChI is InChI=1S/C21H24N2O6/c1-14(24)15-7-8-18(19(12-15)28-2)29-13-20(26)22-9-4-10-23-21(27)16-5-3-6-17(25)11-16/h3,5-8,11-12,25H,4,9-10,13H2,1-2H3,(H,22,26)(H,23,27). The fourth-order valence-electron chi connectivity index (χ4n) is 2.47. The highest BCUT2D eigenvalue weighted by Crippen LogP contribution is 2.28. The zero-order valence-electron chi connectivity index (χ0n) is 16.4. The number of hydrogen-bond acceptors (Lipinski definition) is 6. The van der Waals surface area contributed by atoms with Gasteiger partial charge in [0.05, 0.1) is 7.11 Å². The number of rotatable bonds is 10. The lowest BCUT2D eigenvalue weighted by Crippen LogP contribution is -2.32. The zero-order chi connectivity index (χ0) is 21.2. The molecule has 0 aliphatic rings. The van der Waals surface area contributed by atoms with Gasteiger partial charge in [-0.05, 0) is 49.7 Å². The van der Waals surface area contributed by atoms with Crippen LogP contribution in [0.3, 0.4) is 0 Å². The third-order valence-electron chi connectivity index (χ3n) is 4.00. The van der Waals surface area contributed by atoms with Gasteiger partial charge in [-0.15, -0.1) is 0 Å². The van der Waals surface area contributed by atoms with Crippen LogP contribution in [0, 0.1) is 0 Å². The number of benzene rings is 2. The molecule has 8 heteroatoms. The molecule has 0 unspecified atom stereocenters. The molecule has 0 aromatic heterocycles. The molecular formula is C21H24N2O6. The van der Waals surface area contributed by atoms with Gasteiger partial charge >= 0.3 is 0 Å². The molecule has 154 valence electrons. The average molecular weight is 400 g/mol. The molecule has 0 bridgehead atoms. The molecule has 29 heavy (non-hydrogen) atoms. The number of Topliss-reactive ketones (excluding diaryl/α,β-unsaturated/α-hetero) is 1. The predicted octanol–water partition coefficient (Wildman–Crippen LogP) is 1.92. The molecule has 2 aromatic rings. The Bertz CT molecular complexity index is 881. The summed E-state index contributed by atoms with van der Waals surface area (Å²) < 4.78 is 10.6. The van der Waals surface area contributed by atoms with Crippen LogP contribution in [0.4, 0.5) is 0 Å². The molecule has 8 nitrogen and oxygen atoms in total. The lowest BCUT2D eigenvalue weighted by Gasteiger charge is -2.12. The minimum Gasteiger partial charge on any atom is -0.508 e. The molecule has 3 N–H and O–H groups in total. The van der Waals surface area contributed by atoms with Crippen LogP contribution in [0.15, 0.2) is 42.5 Å². The Morgan fingerprint density at radius 1 is 0.966 bits per heavy atom. The Morgan fingerprint density at radius 3 is 2.41 bits per heavy atom. The minimum atomic E-state index is -0.318. The van der Waals surface area contributed by atoms with Crippen molar-refractivity contribution in [2.45, 2.75) is 13.3 Å². The van der Waals surface area contributed by atoms with E-state index in [-0.39, 0.29) is 30.0 Å². The molecule has 2 amide bonds. The summed E-state index contributed by atoms with van der Waals surface area (Å²) in [7, 11) is 1.46. The zero-order valence-corrected chi connectivity index (χ0v) is 16.4. The Labute approximate surface area is 168 Å². The maximum atomic E-state index is 11.9. The van der Waals surface area contributed by atoms with Gasteiger partial charge in [0.25, 0.3) is 11.8 Å². The van der Waals surface area contributed by atoms with Crippen LogP contribution in [-0.2, 0) is 4.79 Å². The Hall–Kier alpha value is -3.55. The van der Waals surface area contributed by atoms with E-state index in [0.29, 0.717) is 42.1 Å². The summed E-state index contributed by atoms with van der Waals surface area (Å²) in [6.45, 7) is 1.99. The summed E-state index contributed by atoms with van der Waals surface area (Å²) in [6.07, 6.45) is 0.535. The molecule has 0 spiro atoms. The van der Waals surface area contributed by atoms with Crippen LogP contribution in [0.25, 0.3) is 0 Å². The van der Waals surface area contributed by atoms with Crippen molar-refractivity contribution >= 4 is 17.6 Å². The van der Waals surface area contributed by atoms with Crippen molar-refractivity contribution in [3.8, 4) is 17.2 Å². The fourth-order valence-corrected chi connectivity index (χ4v) is 2.47. The van der Waals surface area contributed by atoms with Crippen LogP contribution in [0.1, 0.15) is 34.1 Å². The molecule has 0 atom stereocenters. The van der Waals surface area contributed by atoms with E-state index in [1.165, 1.54) is 26.2 Å². The first-order valence-corrected chi connectivity index (χ1v) is 9.06. The molecule has 2 aromatic carbocycles. The van der Waals surface area contributed by atoms with Gasteiger partial charge in [-0.25, -0.2) is 0 Å². The van der Waals surface area contributed by atoms with Crippen molar-refractivity contribution in [2.75, 3.05) is 26.8 Å². The van der Waals surface area contributed by atoms with Crippen molar-refractivity contribution in [1.82, 2.24) is 10.6 Å². The van der Waals surface area contributed by atoms with Gasteiger partial charge in [0, 0.05) is 24.2 Å². The van der Waals surface area contributed by atoms with Crippen molar-refractivity contribution in [2.24, 2.45) is 0 Å². The first-order chi connectivity index (χ1) is 13.9. The van der Waals surface area contributed by atoms with Gasteiger partial charge < -0.3 is 25.2 Å². The maximum absolute atomic E-state index is 11.9. The average Bonchev–Trinajstić information content (AvgIpc) is 2.71. The second-order valence-electron chi connectivity index (χ2n) is 6.22. The van der Waals surface area contributed by atoms with Crippen LogP contribution in [-0.4, -0.2) is 49.5 Å². The second kappa shape index (κ2) is 10.7. The summed E-state index contributed by atoms with van der Waals surface area (Å²) in [6, 6.07) is 10.8. The SMILES string of the molecule is COc1cc(C(C)=O)ccc1OCC(=O)NCCCNC(=O)c1cccc(O)c1. The Balaban J connectivity index is 1.69. The van der Waals surface area contributed by atoms with Crippen LogP contribution < -0.4 is 20.1 Å². The van der Waals surface area contributed by atoms with E-state index in [1.54, 1.807) is 30.3 Å². The molecule has 0 aliphatic heterocycles. The summed E-state index contributed by atoms with van der Waals surface area (Å²) >= 11 is 0. The van der Waals surface area contributed by atoms with E-state index in [2.05, 4.69) is 10.6 Å². The lowest BCUT2D eigenvalue weighted by molar-refractivity contribution is -0.123. The van der Waals surface area contributed by atoms with Crippen molar-refractivity contribution < 1.29 is 29.0 Å². The number of ether oxygens (including phenoxy) is 2. The van der Waals surface area contributed by atoms with Gasteiger partial charge in [0.15, 0.2) is 23.9 Å². The van der Waals surface area contributed by atoms with Crippen LogP contribution in [0.2, 0.25) is 0 Å². The van der Waals surface area contributed by atoms with Crippen molar-refractivity contribution in [3.05, 3.63) is 53.6 Å². The second-order valence-corrected chi connectivity index (χ2v) is 6.22. The third kappa shape index (κ3) is 6.84. The monoisotopic (exact) mass is 400 g/mol.